The van der Waals surface area contributed by atoms with E-state index in [0.717, 1.165) is 24.3 Å². The van der Waals surface area contributed by atoms with Crippen LogP contribution in [0.15, 0.2) is 12.1 Å². The SMILES string of the molecule is CCOC(=O)Cc1nc2c(C)cc(N3CCOCC3)cc2n1C(=O)OC(C)(C)C. The van der Waals surface area contributed by atoms with E-state index < -0.39 is 17.7 Å². The average Bonchev–Trinajstić information content (AvgIpc) is 2.99. The number of morpholine rings is 1. The Morgan fingerprint density at radius 2 is 1.90 bits per heavy atom. The van der Waals surface area contributed by atoms with Crippen molar-refractivity contribution in [3.8, 4) is 0 Å². The Hall–Kier alpha value is -2.61. The van der Waals surface area contributed by atoms with E-state index in [4.69, 9.17) is 14.2 Å². The van der Waals surface area contributed by atoms with Gasteiger partial charge in [-0.2, -0.15) is 0 Å². The molecule has 1 saturated heterocycles. The number of nitrogens with zero attached hydrogens (tertiary/aromatic N) is 3. The van der Waals surface area contributed by atoms with Crippen molar-refractivity contribution in [1.29, 1.82) is 0 Å². The van der Waals surface area contributed by atoms with Crippen molar-refractivity contribution in [3.63, 3.8) is 0 Å². The van der Waals surface area contributed by atoms with Crippen LogP contribution in [0, 0.1) is 6.92 Å². The largest absolute Gasteiger partial charge is 0.466 e. The second kappa shape index (κ2) is 8.41. The lowest BCUT2D eigenvalue weighted by Crippen LogP contribution is -2.36. The van der Waals surface area contributed by atoms with Gasteiger partial charge in [0.1, 0.15) is 17.8 Å². The Labute approximate surface area is 170 Å². The molecule has 3 rings (SSSR count). The van der Waals surface area contributed by atoms with Gasteiger partial charge in [0.2, 0.25) is 0 Å². The normalized spacial score (nSPS) is 14.9. The molecule has 0 N–H and O–H groups in total. The quantitative estimate of drug-likeness (QED) is 0.726. The fourth-order valence-electron chi connectivity index (χ4n) is 3.35. The predicted octanol–water partition coefficient (Wildman–Crippen LogP) is 3.07. The molecule has 0 spiro atoms. The summed E-state index contributed by atoms with van der Waals surface area (Å²) in [5.74, 6) is -0.117. The first-order valence-electron chi connectivity index (χ1n) is 9.93. The lowest BCUT2D eigenvalue weighted by Gasteiger charge is -2.29. The Bertz CT molecular complexity index is 907. The van der Waals surface area contributed by atoms with E-state index >= 15 is 0 Å². The van der Waals surface area contributed by atoms with Crippen LogP contribution in [0.1, 0.15) is 39.1 Å². The molecule has 1 aromatic heterocycles. The van der Waals surface area contributed by atoms with Crippen LogP contribution in [0.4, 0.5) is 10.5 Å². The molecule has 0 radical (unpaired) electrons. The van der Waals surface area contributed by atoms with Crippen LogP contribution >= 0.6 is 0 Å². The van der Waals surface area contributed by atoms with Crippen molar-refractivity contribution in [2.45, 2.75) is 46.6 Å². The maximum atomic E-state index is 13.0. The summed E-state index contributed by atoms with van der Waals surface area (Å²) in [5.41, 5.74) is 2.54. The monoisotopic (exact) mass is 403 g/mol. The zero-order chi connectivity index (χ0) is 21.2. The van der Waals surface area contributed by atoms with E-state index in [1.165, 1.54) is 4.57 Å². The highest BCUT2D eigenvalue weighted by molar-refractivity contribution is 5.92. The number of fused-ring (bicyclic) bond motifs is 1. The molecule has 8 nitrogen and oxygen atoms in total. The van der Waals surface area contributed by atoms with Crippen molar-refractivity contribution in [2.75, 3.05) is 37.8 Å². The highest BCUT2D eigenvalue weighted by Gasteiger charge is 2.26. The molecule has 1 aliphatic rings. The topological polar surface area (TPSA) is 82.9 Å². The molecule has 158 valence electrons. The number of carbonyl (C=O) groups is 2. The number of anilines is 1. The second-order valence-electron chi connectivity index (χ2n) is 8.06. The molecule has 1 aromatic carbocycles. The molecule has 0 atom stereocenters. The summed E-state index contributed by atoms with van der Waals surface area (Å²) in [4.78, 5) is 31.9. The summed E-state index contributed by atoms with van der Waals surface area (Å²) >= 11 is 0. The number of hydrogen-bond donors (Lipinski definition) is 0. The van der Waals surface area contributed by atoms with Gasteiger partial charge >= 0.3 is 12.1 Å². The van der Waals surface area contributed by atoms with Crippen molar-refractivity contribution < 1.29 is 23.8 Å². The highest BCUT2D eigenvalue weighted by atomic mass is 16.6. The molecule has 0 aliphatic carbocycles. The first-order chi connectivity index (χ1) is 13.7. The van der Waals surface area contributed by atoms with E-state index in [9.17, 15) is 9.59 Å². The number of ether oxygens (including phenoxy) is 3. The maximum absolute atomic E-state index is 13.0. The summed E-state index contributed by atoms with van der Waals surface area (Å²) in [6, 6.07) is 3.98. The third kappa shape index (κ3) is 4.87. The van der Waals surface area contributed by atoms with Crippen molar-refractivity contribution in [1.82, 2.24) is 9.55 Å². The number of benzene rings is 1. The summed E-state index contributed by atoms with van der Waals surface area (Å²) in [6.45, 7) is 12.3. The first kappa shape index (κ1) is 21.1. The van der Waals surface area contributed by atoms with Gasteiger partial charge in [0, 0.05) is 18.8 Å². The first-order valence-corrected chi connectivity index (χ1v) is 9.93. The molecule has 29 heavy (non-hydrogen) atoms. The summed E-state index contributed by atoms with van der Waals surface area (Å²) in [6.07, 6.45) is -0.661. The molecule has 0 amide bonds. The number of carbonyl (C=O) groups excluding carboxylic acids is 2. The average molecular weight is 403 g/mol. The minimum atomic E-state index is -0.675. The number of aryl methyl sites for hydroxylation is 1. The highest BCUT2D eigenvalue weighted by Crippen LogP contribution is 2.28. The van der Waals surface area contributed by atoms with Crippen molar-refractivity contribution in [2.24, 2.45) is 0 Å². The third-order valence-corrected chi connectivity index (χ3v) is 4.57. The molecular weight excluding hydrogens is 374 g/mol. The van der Waals surface area contributed by atoms with Gasteiger partial charge in [-0.1, -0.05) is 0 Å². The molecule has 8 heteroatoms. The molecule has 0 bridgehead atoms. The molecule has 2 heterocycles. The van der Waals surface area contributed by atoms with Crippen molar-refractivity contribution >= 4 is 28.8 Å². The van der Waals surface area contributed by atoms with Crippen LogP contribution in [0.2, 0.25) is 0 Å². The van der Waals surface area contributed by atoms with Gasteiger partial charge in [-0.25, -0.2) is 14.3 Å². The Balaban J connectivity index is 2.10. The zero-order valence-electron chi connectivity index (χ0n) is 17.8. The van der Waals surface area contributed by atoms with Gasteiger partial charge in [-0.15, -0.1) is 0 Å². The van der Waals surface area contributed by atoms with E-state index in [1.807, 2.05) is 19.1 Å². The van der Waals surface area contributed by atoms with Gasteiger partial charge in [0.25, 0.3) is 0 Å². The van der Waals surface area contributed by atoms with Crippen LogP contribution in [0.5, 0.6) is 0 Å². The maximum Gasteiger partial charge on any atom is 0.420 e. The van der Waals surface area contributed by atoms with Gasteiger partial charge in [-0.05, 0) is 52.3 Å². The fourth-order valence-corrected chi connectivity index (χ4v) is 3.35. The van der Waals surface area contributed by atoms with Crippen molar-refractivity contribution in [3.05, 3.63) is 23.5 Å². The van der Waals surface area contributed by atoms with Crippen LogP contribution in [0.3, 0.4) is 0 Å². The van der Waals surface area contributed by atoms with Gasteiger partial charge in [-0.3, -0.25) is 4.79 Å². The minimum absolute atomic E-state index is 0.103. The molecule has 1 fully saturated rings. The van der Waals surface area contributed by atoms with E-state index in [0.29, 0.717) is 30.1 Å². The van der Waals surface area contributed by atoms with Gasteiger partial charge in [0.15, 0.2) is 0 Å². The lowest BCUT2D eigenvalue weighted by molar-refractivity contribution is -0.142. The number of aromatic nitrogens is 2. The smallest absolute Gasteiger partial charge is 0.420 e. The number of imidazole rings is 1. The van der Waals surface area contributed by atoms with E-state index in [2.05, 4.69) is 9.88 Å². The van der Waals surface area contributed by atoms with Crippen LogP contribution in [0.25, 0.3) is 11.0 Å². The molecule has 1 aliphatic heterocycles. The molecule has 2 aromatic rings. The van der Waals surface area contributed by atoms with E-state index in [1.54, 1.807) is 27.7 Å². The summed E-state index contributed by atoms with van der Waals surface area (Å²) in [7, 11) is 0. The lowest BCUT2D eigenvalue weighted by atomic mass is 10.1. The third-order valence-electron chi connectivity index (χ3n) is 4.57. The molecule has 0 saturated carbocycles. The Kier molecular flexibility index (Phi) is 6.12. The standard InChI is InChI=1S/C21H29N3O5/c1-6-28-18(25)13-17-22-19-14(2)11-15(23-7-9-27-10-8-23)12-16(19)24(17)20(26)29-21(3,4)5/h11-12H,6-10,13H2,1-5H3. The second-order valence-corrected chi connectivity index (χ2v) is 8.06. The summed E-state index contributed by atoms with van der Waals surface area (Å²) in [5, 5.41) is 0. The minimum Gasteiger partial charge on any atom is -0.466 e. The Morgan fingerprint density at radius 1 is 1.21 bits per heavy atom. The number of esters is 1. The molecular formula is C21H29N3O5. The van der Waals surface area contributed by atoms with Gasteiger partial charge in [0.05, 0.1) is 30.9 Å². The van der Waals surface area contributed by atoms with Crippen LogP contribution in [-0.2, 0) is 25.4 Å². The predicted molar refractivity (Wildman–Crippen MR) is 109 cm³/mol. The van der Waals surface area contributed by atoms with Crippen LogP contribution in [-0.4, -0.2) is 60.1 Å². The Morgan fingerprint density at radius 3 is 2.52 bits per heavy atom. The fraction of sp³-hybridized carbons (Fsp3) is 0.571. The summed E-state index contributed by atoms with van der Waals surface area (Å²) < 4.78 is 17.5. The number of rotatable bonds is 4. The number of hydrogen-bond acceptors (Lipinski definition) is 7. The van der Waals surface area contributed by atoms with Gasteiger partial charge < -0.3 is 19.1 Å². The molecule has 0 unspecified atom stereocenters. The zero-order valence-corrected chi connectivity index (χ0v) is 17.8. The van der Waals surface area contributed by atoms with Crippen LogP contribution < -0.4 is 4.90 Å². The van der Waals surface area contributed by atoms with E-state index in [-0.39, 0.29) is 13.0 Å².